The van der Waals surface area contributed by atoms with Crippen molar-refractivity contribution in [3.8, 4) is 0 Å². The van der Waals surface area contributed by atoms with E-state index in [1.54, 1.807) is 43.0 Å². The maximum atomic E-state index is 14.4. The van der Waals surface area contributed by atoms with Gasteiger partial charge in [-0.1, -0.05) is 37.3 Å². The van der Waals surface area contributed by atoms with Crippen molar-refractivity contribution in [2.45, 2.75) is 51.2 Å². The van der Waals surface area contributed by atoms with E-state index in [9.17, 15) is 31.5 Å². The van der Waals surface area contributed by atoms with Crippen LogP contribution in [0, 0.1) is 29.1 Å². The van der Waals surface area contributed by atoms with Crippen LogP contribution in [0.2, 0.25) is 0 Å². The van der Waals surface area contributed by atoms with E-state index in [0.717, 1.165) is 5.56 Å². The number of nitrogens with zero attached hydrogens (tertiary/aromatic N) is 2. The summed E-state index contributed by atoms with van der Waals surface area (Å²) in [5.74, 6) is -12.3. The van der Waals surface area contributed by atoms with Gasteiger partial charge in [-0.05, 0) is 37.8 Å². The third-order valence-corrected chi connectivity index (χ3v) is 6.49. The summed E-state index contributed by atoms with van der Waals surface area (Å²) in [6.45, 7) is 3.58. The number of carbonyl (C=O) groups excluding carboxylic acids is 2. The first-order chi connectivity index (χ1) is 16.2. The van der Waals surface area contributed by atoms with Crippen molar-refractivity contribution in [1.29, 1.82) is 0 Å². The van der Waals surface area contributed by atoms with E-state index < -0.39 is 52.6 Å². The molecule has 9 heteroatoms. The molecule has 1 unspecified atom stereocenters. The normalized spacial score (nSPS) is 21.7. The topological polar surface area (TPSA) is 40.6 Å². The fraction of sp³-hybridized carbons (Fsp3) is 0.360. The maximum Gasteiger partial charge on any atom is 0.260 e. The van der Waals surface area contributed by atoms with Crippen LogP contribution in [0.25, 0.3) is 0 Å². The second-order valence-electron chi connectivity index (χ2n) is 8.48. The molecule has 2 aromatic carbocycles. The Morgan fingerprint density at radius 1 is 1.03 bits per heavy atom. The lowest BCUT2D eigenvalue weighted by molar-refractivity contribution is 0.0319. The Kier molecular flexibility index (Phi) is 6.47. The summed E-state index contributed by atoms with van der Waals surface area (Å²) < 4.78 is 70.1. The summed E-state index contributed by atoms with van der Waals surface area (Å²) in [5, 5.41) is 0. The number of allylic oxidation sites excluding steroid dienone is 1. The van der Waals surface area contributed by atoms with Gasteiger partial charge < -0.3 is 9.80 Å². The molecular formula is C25H23F5N2O2. The highest BCUT2D eigenvalue weighted by Gasteiger charge is 2.47. The first kappa shape index (κ1) is 23.9. The highest BCUT2D eigenvalue weighted by atomic mass is 19.2. The number of piperidine rings is 1. The smallest absolute Gasteiger partial charge is 0.260 e. The molecule has 0 bridgehead atoms. The van der Waals surface area contributed by atoms with E-state index >= 15 is 0 Å². The van der Waals surface area contributed by atoms with Crippen molar-refractivity contribution in [2.75, 3.05) is 6.54 Å². The standard InChI is InChI=1S/C25H23F5N2O2/c1-3-7-13-11-14(12-17-15-8-5-6-9-16(15)24(33)32(13)17)31(10-4-2)25(34)18-19(26)21(28)23(30)22(29)20(18)27/h3,5-9,13-14,17H,4,10-12H2,1-2H3/b7-3+/t13-,14?,17+/m0/s1. The van der Waals surface area contributed by atoms with Gasteiger partial charge in [0.25, 0.3) is 11.8 Å². The van der Waals surface area contributed by atoms with Gasteiger partial charge in [0.1, 0.15) is 5.56 Å². The van der Waals surface area contributed by atoms with E-state index in [4.69, 9.17) is 0 Å². The number of fused-ring (bicyclic) bond motifs is 3. The molecule has 2 aromatic rings. The molecule has 0 saturated carbocycles. The zero-order valence-corrected chi connectivity index (χ0v) is 18.6. The molecule has 4 nitrogen and oxygen atoms in total. The molecule has 0 aromatic heterocycles. The van der Waals surface area contributed by atoms with Crippen molar-refractivity contribution in [3.63, 3.8) is 0 Å². The SMILES string of the molecule is C/C=C/[C@H]1CC(N(CCC)C(=O)c2c(F)c(F)c(F)c(F)c2F)C[C@@H]2c3ccccc3C(=O)N21. The van der Waals surface area contributed by atoms with Gasteiger partial charge in [0.15, 0.2) is 23.3 Å². The van der Waals surface area contributed by atoms with Gasteiger partial charge in [-0.3, -0.25) is 9.59 Å². The van der Waals surface area contributed by atoms with Gasteiger partial charge in [0.2, 0.25) is 5.82 Å². The van der Waals surface area contributed by atoms with Crippen LogP contribution in [0.3, 0.4) is 0 Å². The Hall–Kier alpha value is -3.23. The third kappa shape index (κ3) is 3.67. The van der Waals surface area contributed by atoms with Crippen LogP contribution < -0.4 is 0 Å². The fourth-order valence-corrected chi connectivity index (χ4v) is 5.06. The molecule has 34 heavy (non-hydrogen) atoms. The van der Waals surface area contributed by atoms with Crippen molar-refractivity contribution in [3.05, 3.63) is 82.2 Å². The number of hydrogen-bond acceptors (Lipinski definition) is 2. The zero-order chi connectivity index (χ0) is 24.7. The number of hydrogen-bond donors (Lipinski definition) is 0. The molecule has 2 amide bonds. The lowest BCUT2D eigenvalue weighted by atomic mass is 9.88. The van der Waals surface area contributed by atoms with Gasteiger partial charge in [-0.25, -0.2) is 22.0 Å². The van der Waals surface area contributed by atoms with Crippen LogP contribution in [0.4, 0.5) is 22.0 Å². The minimum absolute atomic E-state index is 0.0495. The summed E-state index contributed by atoms with van der Waals surface area (Å²) in [7, 11) is 0. The molecule has 3 atom stereocenters. The molecule has 2 aliphatic heterocycles. The number of amides is 2. The Bertz CT molecular complexity index is 1150. The maximum absolute atomic E-state index is 14.4. The molecule has 0 spiro atoms. The quantitative estimate of drug-likeness (QED) is 0.245. The highest BCUT2D eigenvalue weighted by molar-refractivity contribution is 6.00. The Morgan fingerprint density at radius 3 is 2.26 bits per heavy atom. The third-order valence-electron chi connectivity index (χ3n) is 6.49. The molecule has 4 rings (SSSR count). The van der Waals surface area contributed by atoms with Crippen LogP contribution >= 0.6 is 0 Å². The molecule has 0 aliphatic carbocycles. The summed E-state index contributed by atoms with van der Waals surface area (Å²) in [5.41, 5.74) is -0.125. The molecular weight excluding hydrogens is 455 g/mol. The first-order valence-electron chi connectivity index (χ1n) is 11.1. The van der Waals surface area contributed by atoms with Crippen molar-refractivity contribution in [1.82, 2.24) is 9.80 Å². The van der Waals surface area contributed by atoms with E-state index in [1.165, 1.54) is 4.90 Å². The summed E-state index contributed by atoms with van der Waals surface area (Å²) in [6, 6.07) is 5.72. The van der Waals surface area contributed by atoms with Crippen LogP contribution in [0.15, 0.2) is 36.4 Å². The zero-order valence-electron chi connectivity index (χ0n) is 18.6. The van der Waals surface area contributed by atoms with Gasteiger partial charge in [0.05, 0.1) is 12.1 Å². The lowest BCUT2D eigenvalue weighted by Crippen LogP contribution is -2.52. The average Bonchev–Trinajstić information content (AvgIpc) is 3.12. The van der Waals surface area contributed by atoms with Gasteiger partial charge in [-0.2, -0.15) is 0 Å². The van der Waals surface area contributed by atoms with Crippen molar-refractivity contribution < 1.29 is 31.5 Å². The largest absolute Gasteiger partial charge is 0.335 e. The number of halogens is 5. The van der Waals surface area contributed by atoms with Crippen LogP contribution in [-0.2, 0) is 0 Å². The molecule has 1 fully saturated rings. The summed E-state index contributed by atoms with van der Waals surface area (Å²) >= 11 is 0. The number of carbonyl (C=O) groups is 2. The fourth-order valence-electron chi connectivity index (χ4n) is 5.06. The predicted octanol–water partition coefficient (Wildman–Crippen LogP) is 5.54. The molecule has 0 N–H and O–H groups in total. The predicted molar refractivity (Wildman–Crippen MR) is 115 cm³/mol. The van der Waals surface area contributed by atoms with Crippen LogP contribution in [0.5, 0.6) is 0 Å². The molecule has 1 saturated heterocycles. The minimum atomic E-state index is -2.31. The van der Waals surface area contributed by atoms with Crippen LogP contribution in [0.1, 0.15) is 65.4 Å². The van der Waals surface area contributed by atoms with Gasteiger partial charge in [-0.15, -0.1) is 0 Å². The van der Waals surface area contributed by atoms with Crippen molar-refractivity contribution in [2.24, 2.45) is 0 Å². The van der Waals surface area contributed by atoms with Gasteiger partial charge in [0, 0.05) is 18.2 Å². The Labute approximate surface area is 193 Å². The number of benzene rings is 2. The molecule has 2 heterocycles. The molecule has 0 radical (unpaired) electrons. The lowest BCUT2D eigenvalue weighted by Gasteiger charge is -2.45. The Morgan fingerprint density at radius 2 is 1.65 bits per heavy atom. The van der Waals surface area contributed by atoms with Gasteiger partial charge >= 0.3 is 0 Å². The van der Waals surface area contributed by atoms with Crippen LogP contribution in [-0.4, -0.2) is 40.2 Å². The van der Waals surface area contributed by atoms with Crippen molar-refractivity contribution >= 4 is 11.8 Å². The highest BCUT2D eigenvalue weighted by Crippen LogP contribution is 2.44. The van der Waals surface area contributed by atoms with E-state index in [1.807, 2.05) is 12.1 Å². The van der Waals surface area contributed by atoms with E-state index in [-0.39, 0.29) is 31.3 Å². The first-order valence-corrected chi connectivity index (χ1v) is 11.1. The Balaban J connectivity index is 1.76. The second-order valence-corrected chi connectivity index (χ2v) is 8.48. The average molecular weight is 478 g/mol. The molecule has 2 aliphatic rings. The monoisotopic (exact) mass is 478 g/mol. The van der Waals surface area contributed by atoms with E-state index in [2.05, 4.69) is 0 Å². The minimum Gasteiger partial charge on any atom is -0.335 e. The number of rotatable bonds is 5. The van der Waals surface area contributed by atoms with E-state index in [0.29, 0.717) is 12.0 Å². The molecule has 180 valence electrons. The summed E-state index contributed by atoms with van der Waals surface area (Å²) in [6.07, 6.45) is 4.53. The second kappa shape index (κ2) is 9.19. The summed E-state index contributed by atoms with van der Waals surface area (Å²) in [4.78, 5) is 29.2.